The topological polar surface area (TPSA) is 63.9 Å². The largest absolute Gasteiger partial charge is 0.342 e. The van der Waals surface area contributed by atoms with Gasteiger partial charge in [0.1, 0.15) is 5.01 Å². The molecule has 0 N–H and O–H groups in total. The zero-order chi connectivity index (χ0) is 23.2. The molecule has 34 heavy (non-hydrogen) atoms. The Morgan fingerprint density at radius 1 is 1.15 bits per heavy atom. The highest BCUT2D eigenvalue weighted by atomic mass is 35.5. The molecule has 6 nitrogen and oxygen atoms in total. The Bertz CT molecular complexity index is 1390. The highest BCUT2D eigenvalue weighted by Crippen LogP contribution is 2.43. The van der Waals surface area contributed by atoms with E-state index in [1.54, 1.807) is 11.3 Å². The van der Waals surface area contributed by atoms with Gasteiger partial charge in [-0.25, -0.2) is 9.67 Å². The fourth-order valence-electron chi connectivity index (χ4n) is 4.60. The first kappa shape index (κ1) is 21.5. The Balaban J connectivity index is 1.48. The second kappa shape index (κ2) is 8.64. The molecular weight excluding hydrogens is 466 g/mol. The molecule has 6 rings (SSSR count). The number of amides is 1. The summed E-state index contributed by atoms with van der Waals surface area (Å²) >= 11 is 8.23. The number of fused-ring (bicyclic) bond motifs is 3. The number of benzene rings is 1. The Labute approximate surface area is 207 Å². The van der Waals surface area contributed by atoms with Crippen LogP contribution in [0.3, 0.4) is 0 Å². The van der Waals surface area contributed by atoms with E-state index < -0.39 is 0 Å². The molecule has 1 fully saturated rings. The lowest BCUT2D eigenvalue weighted by molar-refractivity contribution is -0.133. The van der Waals surface area contributed by atoms with Crippen molar-refractivity contribution >= 4 is 28.8 Å². The third-order valence-corrected chi connectivity index (χ3v) is 8.03. The average Bonchev–Trinajstić information content (AvgIpc) is 3.39. The molecular formula is C26H24ClN5OS. The number of para-hydroxylation sites is 1. The van der Waals surface area contributed by atoms with Crippen molar-refractivity contribution in [2.75, 3.05) is 13.1 Å². The van der Waals surface area contributed by atoms with Crippen molar-refractivity contribution in [1.29, 1.82) is 0 Å². The summed E-state index contributed by atoms with van der Waals surface area (Å²) in [6.45, 7) is 3.83. The molecule has 0 bridgehead atoms. The first-order valence-electron chi connectivity index (χ1n) is 11.7. The normalized spacial score (nSPS) is 14.5. The number of rotatable bonds is 5. The summed E-state index contributed by atoms with van der Waals surface area (Å²) in [5.41, 5.74) is 7.09. The van der Waals surface area contributed by atoms with Gasteiger partial charge in [0.05, 0.1) is 39.1 Å². The lowest BCUT2D eigenvalue weighted by atomic mass is 9.95. The summed E-state index contributed by atoms with van der Waals surface area (Å²) in [4.78, 5) is 25.1. The van der Waals surface area contributed by atoms with Crippen LogP contribution < -0.4 is 0 Å². The van der Waals surface area contributed by atoms with Crippen LogP contribution in [0, 0.1) is 0 Å². The average molecular weight is 490 g/mol. The van der Waals surface area contributed by atoms with E-state index in [-0.39, 0.29) is 5.91 Å². The van der Waals surface area contributed by atoms with Crippen molar-refractivity contribution in [2.45, 2.75) is 39.0 Å². The summed E-state index contributed by atoms with van der Waals surface area (Å²) < 4.78 is 1.96. The maximum atomic E-state index is 12.6. The van der Waals surface area contributed by atoms with Crippen LogP contribution in [0.4, 0.5) is 0 Å². The van der Waals surface area contributed by atoms with E-state index in [1.165, 1.54) is 5.56 Å². The number of hydrogen-bond donors (Lipinski definition) is 0. The lowest BCUT2D eigenvalue weighted by Gasteiger charge is -2.30. The van der Waals surface area contributed by atoms with Crippen LogP contribution in [0.1, 0.15) is 35.3 Å². The first-order valence-corrected chi connectivity index (χ1v) is 12.9. The number of nitrogens with zero attached hydrogens (tertiary/aromatic N) is 5. The number of carbonyl (C=O) groups is 1. The summed E-state index contributed by atoms with van der Waals surface area (Å²) in [6, 6.07) is 11.9. The third-order valence-electron chi connectivity index (χ3n) is 6.60. The first-order chi connectivity index (χ1) is 16.6. The Morgan fingerprint density at radius 3 is 2.71 bits per heavy atom. The zero-order valence-electron chi connectivity index (χ0n) is 18.9. The van der Waals surface area contributed by atoms with Crippen LogP contribution in [0.2, 0.25) is 5.02 Å². The van der Waals surface area contributed by atoms with Gasteiger partial charge in [-0.1, -0.05) is 30.7 Å². The Hall–Kier alpha value is -3.03. The second-order valence-electron chi connectivity index (χ2n) is 8.73. The van der Waals surface area contributed by atoms with Gasteiger partial charge >= 0.3 is 0 Å². The summed E-state index contributed by atoms with van der Waals surface area (Å²) in [5, 5.41) is 6.58. The van der Waals surface area contributed by atoms with Crippen LogP contribution in [0.5, 0.6) is 0 Å². The molecule has 4 aromatic rings. The quantitative estimate of drug-likeness (QED) is 0.389. The van der Waals surface area contributed by atoms with Crippen LogP contribution in [-0.4, -0.2) is 43.6 Å². The smallest absolute Gasteiger partial charge is 0.229 e. The molecule has 172 valence electrons. The van der Waals surface area contributed by atoms with Crippen LogP contribution in [0.15, 0.2) is 42.6 Å². The minimum atomic E-state index is 0.167. The predicted molar refractivity (Wildman–Crippen MR) is 135 cm³/mol. The predicted octanol–water partition coefficient (Wildman–Crippen LogP) is 5.15. The standard InChI is InChI=1S/C26H24ClN5OS/c1-2-17-9-8-16(15-28-17)24-18-10-11-20-26(34-22(29-20)14-23(33)31-12-5-13-31)25(18)32(30-24)21-7-4-3-6-19(21)27/h3-4,6-9,15H,2,5,10-14H2,1H3. The number of halogens is 1. The summed E-state index contributed by atoms with van der Waals surface area (Å²) in [6.07, 6.45) is 5.94. The molecule has 8 heteroatoms. The number of aryl methyl sites for hydroxylation is 2. The molecule has 0 unspecified atom stereocenters. The Kier molecular flexibility index (Phi) is 5.46. The van der Waals surface area contributed by atoms with Gasteiger partial charge in [0.25, 0.3) is 0 Å². The van der Waals surface area contributed by atoms with E-state index in [0.717, 1.165) is 82.7 Å². The van der Waals surface area contributed by atoms with Gasteiger partial charge in [0, 0.05) is 36.1 Å². The highest BCUT2D eigenvalue weighted by molar-refractivity contribution is 7.15. The van der Waals surface area contributed by atoms with Gasteiger partial charge in [-0.3, -0.25) is 9.78 Å². The number of likely N-dealkylation sites (tertiary alicyclic amines) is 1. The highest BCUT2D eigenvalue weighted by Gasteiger charge is 2.31. The molecule has 1 aliphatic carbocycles. The van der Waals surface area contributed by atoms with Crippen molar-refractivity contribution in [3.8, 4) is 27.5 Å². The van der Waals surface area contributed by atoms with Crippen molar-refractivity contribution < 1.29 is 4.79 Å². The van der Waals surface area contributed by atoms with Gasteiger partial charge in [-0.05, 0) is 49.9 Å². The molecule has 1 aromatic carbocycles. The fraction of sp³-hybridized carbons (Fsp3) is 0.308. The molecule has 2 aliphatic rings. The van der Waals surface area contributed by atoms with E-state index in [2.05, 4.69) is 24.0 Å². The number of thiazole rings is 1. The molecule has 1 aliphatic heterocycles. The van der Waals surface area contributed by atoms with E-state index in [0.29, 0.717) is 11.4 Å². The molecule has 0 atom stereocenters. The van der Waals surface area contributed by atoms with Crippen molar-refractivity contribution in [3.63, 3.8) is 0 Å². The minimum absolute atomic E-state index is 0.167. The van der Waals surface area contributed by atoms with Gasteiger partial charge in [0.15, 0.2) is 0 Å². The van der Waals surface area contributed by atoms with Gasteiger partial charge in [0.2, 0.25) is 5.91 Å². The van der Waals surface area contributed by atoms with E-state index >= 15 is 0 Å². The molecule has 0 spiro atoms. The van der Waals surface area contributed by atoms with Crippen LogP contribution >= 0.6 is 22.9 Å². The maximum absolute atomic E-state index is 12.6. The number of carbonyl (C=O) groups excluding carboxylic acids is 1. The van der Waals surface area contributed by atoms with E-state index in [1.807, 2.05) is 40.0 Å². The van der Waals surface area contributed by atoms with E-state index in [9.17, 15) is 4.79 Å². The van der Waals surface area contributed by atoms with Crippen LogP contribution in [-0.2, 0) is 30.5 Å². The Morgan fingerprint density at radius 2 is 2.00 bits per heavy atom. The van der Waals surface area contributed by atoms with Crippen molar-refractivity contribution in [2.24, 2.45) is 0 Å². The maximum Gasteiger partial charge on any atom is 0.229 e. The second-order valence-corrected chi connectivity index (χ2v) is 10.2. The number of hydrogen-bond acceptors (Lipinski definition) is 5. The summed E-state index contributed by atoms with van der Waals surface area (Å²) in [7, 11) is 0. The monoisotopic (exact) mass is 489 g/mol. The number of aromatic nitrogens is 4. The SMILES string of the molecule is CCc1ccc(-c2nn(-c3ccccc3Cl)c3c2CCc2nc(CC(=O)N4CCC4)sc2-3)cn1. The molecule has 1 amide bonds. The molecule has 0 saturated carbocycles. The van der Waals surface area contributed by atoms with Crippen molar-refractivity contribution in [1.82, 2.24) is 24.6 Å². The van der Waals surface area contributed by atoms with Gasteiger partial charge in [-0.2, -0.15) is 5.10 Å². The summed E-state index contributed by atoms with van der Waals surface area (Å²) in [5.74, 6) is 0.167. The molecule has 4 heterocycles. The van der Waals surface area contributed by atoms with Gasteiger partial charge in [-0.15, -0.1) is 11.3 Å². The van der Waals surface area contributed by atoms with Gasteiger partial charge < -0.3 is 4.90 Å². The molecule has 1 saturated heterocycles. The lowest BCUT2D eigenvalue weighted by Crippen LogP contribution is -2.42. The van der Waals surface area contributed by atoms with Crippen LogP contribution in [0.25, 0.3) is 27.5 Å². The third kappa shape index (κ3) is 3.63. The minimum Gasteiger partial charge on any atom is -0.342 e. The molecule has 0 radical (unpaired) electrons. The zero-order valence-corrected chi connectivity index (χ0v) is 20.5. The van der Waals surface area contributed by atoms with E-state index in [4.69, 9.17) is 21.7 Å². The number of pyridine rings is 1. The fourth-order valence-corrected chi connectivity index (χ4v) is 5.98. The molecule has 3 aromatic heterocycles. The van der Waals surface area contributed by atoms with Crippen molar-refractivity contribution in [3.05, 3.63) is 69.6 Å².